The summed E-state index contributed by atoms with van der Waals surface area (Å²) in [4.78, 5) is 0. The first kappa shape index (κ1) is 17.7. The van der Waals surface area contributed by atoms with E-state index in [1.165, 1.54) is 60.8 Å². The number of hydrogen-bond acceptors (Lipinski definition) is 1. The van der Waals surface area contributed by atoms with Gasteiger partial charge in [-0.3, -0.25) is 0 Å². The van der Waals surface area contributed by atoms with Gasteiger partial charge in [0.1, 0.15) is 0 Å². The first-order valence-electron chi connectivity index (χ1n) is 9.05. The molecule has 0 saturated carbocycles. The van der Waals surface area contributed by atoms with E-state index in [0.29, 0.717) is 13.2 Å². The van der Waals surface area contributed by atoms with Gasteiger partial charge in [0.05, 0.1) is 13.2 Å². The molecule has 0 spiro atoms. The van der Waals surface area contributed by atoms with Gasteiger partial charge in [0.2, 0.25) is 0 Å². The molecule has 0 unspecified atom stereocenters. The van der Waals surface area contributed by atoms with Gasteiger partial charge in [-0.1, -0.05) is 75.2 Å². The molecule has 2 aromatic rings. The molecule has 23 heavy (non-hydrogen) atoms. The third-order valence-corrected chi connectivity index (χ3v) is 4.22. The average Bonchev–Trinajstić information content (AvgIpc) is 2.60. The highest BCUT2D eigenvalue weighted by molar-refractivity contribution is 5.23. The summed E-state index contributed by atoms with van der Waals surface area (Å²) in [5.74, 6) is 0. The molecule has 0 saturated heterocycles. The first-order chi connectivity index (χ1) is 11.3. The number of hydrogen-bond donors (Lipinski definition) is 0. The van der Waals surface area contributed by atoms with Gasteiger partial charge in [0.15, 0.2) is 0 Å². The molecule has 0 aliphatic carbocycles. The van der Waals surface area contributed by atoms with Crippen LogP contribution in [0.15, 0.2) is 48.5 Å². The van der Waals surface area contributed by atoms with E-state index in [2.05, 4.69) is 62.4 Å². The number of ether oxygens (including phenoxy) is 1. The Morgan fingerprint density at radius 2 is 0.913 bits per heavy atom. The molecule has 0 heterocycles. The fraction of sp³-hybridized carbons (Fsp3) is 0.455. The lowest BCUT2D eigenvalue weighted by Crippen LogP contribution is -1.95. The molecule has 0 radical (unpaired) electrons. The minimum absolute atomic E-state index is 0.686. The van der Waals surface area contributed by atoms with Crippen molar-refractivity contribution in [2.24, 2.45) is 0 Å². The van der Waals surface area contributed by atoms with Crippen LogP contribution in [0, 0.1) is 0 Å². The van der Waals surface area contributed by atoms with Gasteiger partial charge in [-0.15, -0.1) is 0 Å². The maximum Gasteiger partial charge on any atom is 0.0721 e. The zero-order valence-corrected chi connectivity index (χ0v) is 14.7. The molecule has 0 aromatic heterocycles. The number of aryl methyl sites for hydroxylation is 2. The predicted molar refractivity (Wildman–Crippen MR) is 98.6 cm³/mol. The van der Waals surface area contributed by atoms with Crippen molar-refractivity contribution >= 4 is 0 Å². The molecule has 0 bridgehead atoms. The fourth-order valence-corrected chi connectivity index (χ4v) is 2.65. The Hall–Kier alpha value is -1.60. The number of unbranched alkanes of at least 4 members (excludes halogenated alkanes) is 2. The topological polar surface area (TPSA) is 9.23 Å². The van der Waals surface area contributed by atoms with E-state index in [-0.39, 0.29) is 0 Å². The highest BCUT2D eigenvalue weighted by Crippen LogP contribution is 2.12. The van der Waals surface area contributed by atoms with Crippen LogP contribution in [0.1, 0.15) is 61.8 Å². The van der Waals surface area contributed by atoms with E-state index in [1.807, 2.05) is 0 Å². The SMILES string of the molecule is CCCCc1ccc(COCc2ccc(CCCC)cc2)cc1. The molecule has 1 nitrogen and oxygen atoms in total. The largest absolute Gasteiger partial charge is 0.372 e. The Labute approximate surface area is 141 Å². The molecule has 124 valence electrons. The summed E-state index contributed by atoms with van der Waals surface area (Å²) in [6, 6.07) is 17.7. The quantitative estimate of drug-likeness (QED) is 0.516. The number of benzene rings is 2. The van der Waals surface area contributed by atoms with Gasteiger partial charge in [-0.25, -0.2) is 0 Å². The molecule has 0 aliphatic rings. The Morgan fingerprint density at radius 3 is 1.26 bits per heavy atom. The normalized spacial score (nSPS) is 10.9. The van der Waals surface area contributed by atoms with Crippen molar-refractivity contribution in [2.75, 3.05) is 0 Å². The summed E-state index contributed by atoms with van der Waals surface area (Å²) in [5, 5.41) is 0. The molecular formula is C22H30O. The molecule has 0 atom stereocenters. The van der Waals surface area contributed by atoms with Crippen LogP contribution in [-0.4, -0.2) is 0 Å². The van der Waals surface area contributed by atoms with E-state index in [1.54, 1.807) is 0 Å². The minimum atomic E-state index is 0.686. The summed E-state index contributed by atoms with van der Waals surface area (Å²) in [6.45, 7) is 5.84. The smallest absolute Gasteiger partial charge is 0.0721 e. The van der Waals surface area contributed by atoms with Crippen molar-refractivity contribution in [3.05, 3.63) is 70.8 Å². The molecule has 0 N–H and O–H groups in total. The van der Waals surface area contributed by atoms with E-state index < -0.39 is 0 Å². The Balaban J connectivity index is 1.73. The van der Waals surface area contributed by atoms with Gasteiger partial charge in [0.25, 0.3) is 0 Å². The maximum absolute atomic E-state index is 5.85. The number of rotatable bonds is 10. The minimum Gasteiger partial charge on any atom is -0.372 e. The van der Waals surface area contributed by atoms with Crippen LogP contribution >= 0.6 is 0 Å². The molecular weight excluding hydrogens is 280 g/mol. The summed E-state index contributed by atoms with van der Waals surface area (Å²) >= 11 is 0. The summed E-state index contributed by atoms with van der Waals surface area (Å²) in [7, 11) is 0. The molecule has 1 heteroatoms. The lowest BCUT2D eigenvalue weighted by molar-refractivity contribution is 0.107. The fourth-order valence-electron chi connectivity index (χ4n) is 2.65. The van der Waals surface area contributed by atoms with Crippen molar-refractivity contribution in [1.82, 2.24) is 0 Å². The van der Waals surface area contributed by atoms with Crippen LogP contribution in [0.25, 0.3) is 0 Å². The van der Waals surface area contributed by atoms with Crippen molar-refractivity contribution in [3.63, 3.8) is 0 Å². The summed E-state index contributed by atoms with van der Waals surface area (Å²) < 4.78 is 5.85. The Kier molecular flexibility index (Phi) is 7.89. The van der Waals surface area contributed by atoms with Crippen LogP contribution in [0.5, 0.6) is 0 Å². The Morgan fingerprint density at radius 1 is 0.565 bits per heavy atom. The lowest BCUT2D eigenvalue weighted by Gasteiger charge is -2.07. The molecule has 2 aromatic carbocycles. The van der Waals surface area contributed by atoms with Crippen LogP contribution in [0.2, 0.25) is 0 Å². The van der Waals surface area contributed by atoms with Gasteiger partial charge in [-0.2, -0.15) is 0 Å². The van der Waals surface area contributed by atoms with Crippen molar-refractivity contribution in [1.29, 1.82) is 0 Å². The standard InChI is InChI=1S/C22H30O/c1-3-5-7-19-9-13-21(14-10-19)17-23-18-22-15-11-20(12-16-22)8-6-4-2/h9-16H,3-8,17-18H2,1-2H3. The zero-order chi connectivity index (χ0) is 16.3. The second-order valence-corrected chi connectivity index (χ2v) is 6.33. The third-order valence-electron chi connectivity index (χ3n) is 4.22. The lowest BCUT2D eigenvalue weighted by atomic mass is 10.1. The van der Waals surface area contributed by atoms with E-state index in [4.69, 9.17) is 4.74 Å². The maximum atomic E-state index is 5.85. The second kappa shape index (κ2) is 10.2. The van der Waals surface area contributed by atoms with E-state index >= 15 is 0 Å². The van der Waals surface area contributed by atoms with Crippen LogP contribution in [-0.2, 0) is 30.8 Å². The summed E-state index contributed by atoms with van der Waals surface area (Å²) in [6.07, 6.45) is 7.41. The molecule has 2 rings (SSSR count). The van der Waals surface area contributed by atoms with Gasteiger partial charge >= 0.3 is 0 Å². The highest BCUT2D eigenvalue weighted by Gasteiger charge is 1.98. The van der Waals surface area contributed by atoms with E-state index in [0.717, 1.165) is 0 Å². The van der Waals surface area contributed by atoms with Crippen LogP contribution in [0.4, 0.5) is 0 Å². The van der Waals surface area contributed by atoms with E-state index in [9.17, 15) is 0 Å². The zero-order valence-electron chi connectivity index (χ0n) is 14.7. The van der Waals surface area contributed by atoms with Gasteiger partial charge in [-0.05, 0) is 47.9 Å². The molecule has 0 fully saturated rings. The van der Waals surface area contributed by atoms with Crippen LogP contribution < -0.4 is 0 Å². The Bertz CT molecular complexity index is 488. The summed E-state index contributed by atoms with van der Waals surface area (Å²) in [5.41, 5.74) is 5.37. The van der Waals surface area contributed by atoms with Gasteiger partial charge < -0.3 is 4.74 Å². The predicted octanol–water partition coefficient (Wildman–Crippen LogP) is 6.09. The monoisotopic (exact) mass is 310 g/mol. The average molecular weight is 310 g/mol. The van der Waals surface area contributed by atoms with Crippen molar-refractivity contribution in [3.8, 4) is 0 Å². The molecule has 0 amide bonds. The van der Waals surface area contributed by atoms with Crippen molar-refractivity contribution in [2.45, 2.75) is 65.6 Å². The third kappa shape index (κ3) is 6.58. The first-order valence-corrected chi connectivity index (χ1v) is 9.05. The second-order valence-electron chi connectivity index (χ2n) is 6.33. The highest BCUT2D eigenvalue weighted by atomic mass is 16.5. The van der Waals surface area contributed by atoms with Crippen molar-refractivity contribution < 1.29 is 4.74 Å². The van der Waals surface area contributed by atoms with Gasteiger partial charge in [0, 0.05) is 0 Å². The van der Waals surface area contributed by atoms with Crippen LogP contribution in [0.3, 0.4) is 0 Å². The molecule has 0 aliphatic heterocycles.